The number of benzene rings is 1. The zero-order valence-corrected chi connectivity index (χ0v) is 12.0. The van der Waals surface area contributed by atoms with E-state index in [4.69, 9.17) is 11.6 Å². The first-order chi connectivity index (χ1) is 8.59. The van der Waals surface area contributed by atoms with Crippen LogP contribution < -0.4 is 0 Å². The quantitative estimate of drug-likeness (QED) is 0.830. The third-order valence-electron chi connectivity index (χ3n) is 4.43. The molecule has 1 fully saturated rings. The molecule has 0 aromatic heterocycles. The molecule has 0 bridgehead atoms. The summed E-state index contributed by atoms with van der Waals surface area (Å²) in [6, 6.07) is 7.67. The van der Waals surface area contributed by atoms with Gasteiger partial charge < -0.3 is 5.11 Å². The van der Waals surface area contributed by atoms with E-state index in [0.717, 1.165) is 30.2 Å². The molecule has 1 aromatic rings. The maximum atomic E-state index is 10.5. The van der Waals surface area contributed by atoms with Crippen LogP contribution in [-0.4, -0.2) is 5.11 Å². The van der Waals surface area contributed by atoms with Crippen molar-refractivity contribution in [2.75, 3.05) is 0 Å². The van der Waals surface area contributed by atoms with Crippen molar-refractivity contribution in [2.45, 2.75) is 45.6 Å². The van der Waals surface area contributed by atoms with Crippen LogP contribution in [0.5, 0.6) is 0 Å². The van der Waals surface area contributed by atoms with Crippen molar-refractivity contribution in [2.24, 2.45) is 17.8 Å². The Kier molecular flexibility index (Phi) is 4.69. The molecule has 1 N–H and O–H groups in total. The summed E-state index contributed by atoms with van der Waals surface area (Å²) in [5.41, 5.74) is 0.896. The van der Waals surface area contributed by atoms with Gasteiger partial charge in [0.1, 0.15) is 0 Å². The van der Waals surface area contributed by atoms with Gasteiger partial charge in [0.15, 0.2) is 0 Å². The number of aliphatic hydroxyl groups is 1. The molecule has 0 aliphatic heterocycles. The molecule has 100 valence electrons. The summed E-state index contributed by atoms with van der Waals surface area (Å²) in [5, 5.41) is 11.2. The van der Waals surface area contributed by atoms with E-state index in [-0.39, 0.29) is 0 Å². The molecule has 1 aliphatic rings. The van der Waals surface area contributed by atoms with E-state index in [1.54, 1.807) is 0 Å². The zero-order valence-electron chi connectivity index (χ0n) is 11.3. The highest BCUT2D eigenvalue weighted by molar-refractivity contribution is 6.31. The molecule has 0 saturated heterocycles. The van der Waals surface area contributed by atoms with Crippen LogP contribution in [0.15, 0.2) is 24.3 Å². The number of aliphatic hydroxyl groups excluding tert-OH is 1. The van der Waals surface area contributed by atoms with Crippen molar-refractivity contribution in [3.05, 3.63) is 34.9 Å². The standard InChI is InChI=1S/C16H23ClO/c1-11(2)12-7-9-13(10-8-12)16(18)14-5-3-4-6-15(14)17/h3-6,11-13,16,18H,7-10H2,1-2H3. The first-order valence-electron chi connectivity index (χ1n) is 7.02. The van der Waals surface area contributed by atoms with Gasteiger partial charge in [-0.25, -0.2) is 0 Å². The lowest BCUT2D eigenvalue weighted by Crippen LogP contribution is -2.23. The molecule has 1 nitrogen and oxygen atoms in total. The Balaban J connectivity index is 2.00. The van der Waals surface area contributed by atoms with Crippen LogP contribution >= 0.6 is 11.6 Å². The summed E-state index contributed by atoms with van der Waals surface area (Å²) < 4.78 is 0. The van der Waals surface area contributed by atoms with E-state index < -0.39 is 6.10 Å². The van der Waals surface area contributed by atoms with Gasteiger partial charge in [-0.3, -0.25) is 0 Å². The van der Waals surface area contributed by atoms with Crippen molar-refractivity contribution >= 4 is 11.6 Å². The van der Waals surface area contributed by atoms with E-state index in [1.165, 1.54) is 12.8 Å². The summed E-state index contributed by atoms with van der Waals surface area (Å²) in [6.07, 6.45) is 4.32. The number of hydrogen-bond donors (Lipinski definition) is 1. The normalized spacial score (nSPS) is 26.3. The third-order valence-corrected chi connectivity index (χ3v) is 4.77. The Morgan fingerprint density at radius 2 is 1.61 bits per heavy atom. The van der Waals surface area contributed by atoms with Crippen LogP contribution in [0, 0.1) is 17.8 Å². The van der Waals surface area contributed by atoms with Gasteiger partial charge in [-0.2, -0.15) is 0 Å². The Morgan fingerprint density at radius 3 is 2.17 bits per heavy atom. The van der Waals surface area contributed by atoms with Gasteiger partial charge in [-0.05, 0) is 55.1 Å². The third kappa shape index (κ3) is 3.07. The first kappa shape index (κ1) is 13.9. The molecule has 2 heteroatoms. The van der Waals surface area contributed by atoms with Crippen LogP contribution in [0.25, 0.3) is 0 Å². The highest BCUT2D eigenvalue weighted by Crippen LogP contribution is 2.40. The van der Waals surface area contributed by atoms with Crippen LogP contribution in [0.1, 0.15) is 51.2 Å². The predicted molar refractivity (Wildman–Crippen MR) is 76.7 cm³/mol. The highest BCUT2D eigenvalue weighted by atomic mass is 35.5. The average Bonchev–Trinajstić information content (AvgIpc) is 2.38. The highest BCUT2D eigenvalue weighted by Gasteiger charge is 2.29. The monoisotopic (exact) mass is 266 g/mol. The van der Waals surface area contributed by atoms with Crippen molar-refractivity contribution in [3.63, 3.8) is 0 Å². The molecule has 0 spiro atoms. The summed E-state index contributed by atoms with van der Waals surface area (Å²) in [5.74, 6) is 1.98. The topological polar surface area (TPSA) is 20.2 Å². The van der Waals surface area contributed by atoms with Gasteiger partial charge in [0.2, 0.25) is 0 Å². The van der Waals surface area contributed by atoms with Crippen molar-refractivity contribution in [1.82, 2.24) is 0 Å². The van der Waals surface area contributed by atoms with Gasteiger partial charge in [0.25, 0.3) is 0 Å². The van der Waals surface area contributed by atoms with Gasteiger partial charge >= 0.3 is 0 Å². The minimum atomic E-state index is -0.396. The molecule has 0 heterocycles. The molecule has 1 aliphatic carbocycles. The van der Waals surface area contributed by atoms with E-state index in [0.29, 0.717) is 10.9 Å². The van der Waals surface area contributed by atoms with E-state index in [9.17, 15) is 5.11 Å². The summed E-state index contributed by atoms with van der Waals surface area (Å²) in [7, 11) is 0. The first-order valence-corrected chi connectivity index (χ1v) is 7.40. The van der Waals surface area contributed by atoms with Crippen molar-refractivity contribution in [3.8, 4) is 0 Å². The SMILES string of the molecule is CC(C)C1CCC(C(O)c2ccccc2Cl)CC1. The molecule has 1 atom stereocenters. The summed E-state index contributed by atoms with van der Waals surface area (Å²) in [6.45, 7) is 4.60. The molecule has 2 rings (SSSR count). The Labute approximate surface area is 115 Å². The second kappa shape index (κ2) is 6.08. The number of halogens is 1. The van der Waals surface area contributed by atoms with Gasteiger partial charge in [-0.1, -0.05) is 43.6 Å². The number of hydrogen-bond acceptors (Lipinski definition) is 1. The fraction of sp³-hybridized carbons (Fsp3) is 0.625. The minimum absolute atomic E-state index is 0.375. The molecule has 1 saturated carbocycles. The Bertz CT molecular complexity index is 380. The maximum Gasteiger partial charge on any atom is 0.0832 e. The van der Waals surface area contributed by atoms with Gasteiger partial charge in [-0.15, -0.1) is 0 Å². The Morgan fingerprint density at radius 1 is 1.06 bits per heavy atom. The van der Waals surface area contributed by atoms with Crippen LogP contribution in [0.2, 0.25) is 5.02 Å². The second-order valence-electron chi connectivity index (χ2n) is 5.89. The minimum Gasteiger partial charge on any atom is -0.388 e. The fourth-order valence-corrected chi connectivity index (χ4v) is 3.34. The van der Waals surface area contributed by atoms with E-state index >= 15 is 0 Å². The lowest BCUT2D eigenvalue weighted by molar-refractivity contribution is 0.0669. The average molecular weight is 267 g/mol. The van der Waals surface area contributed by atoms with Gasteiger partial charge in [0.05, 0.1) is 6.10 Å². The fourth-order valence-electron chi connectivity index (χ4n) is 3.10. The van der Waals surface area contributed by atoms with E-state index in [2.05, 4.69) is 13.8 Å². The molecule has 1 unspecified atom stereocenters. The summed E-state index contributed by atoms with van der Waals surface area (Å²) >= 11 is 6.16. The molecular formula is C16H23ClO. The van der Waals surface area contributed by atoms with Crippen LogP contribution in [0.4, 0.5) is 0 Å². The molecule has 0 radical (unpaired) electrons. The van der Waals surface area contributed by atoms with Crippen molar-refractivity contribution in [1.29, 1.82) is 0 Å². The zero-order chi connectivity index (χ0) is 13.1. The smallest absolute Gasteiger partial charge is 0.0832 e. The van der Waals surface area contributed by atoms with Crippen LogP contribution in [-0.2, 0) is 0 Å². The van der Waals surface area contributed by atoms with E-state index in [1.807, 2.05) is 24.3 Å². The molecule has 0 amide bonds. The Hall–Kier alpha value is -0.530. The molecule has 18 heavy (non-hydrogen) atoms. The van der Waals surface area contributed by atoms with Crippen LogP contribution in [0.3, 0.4) is 0 Å². The lowest BCUT2D eigenvalue weighted by Gasteiger charge is -2.33. The predicted octanol–water partition coefficient (Wildman–Crippen LogP) is 4.84. The van der Waals surface area contributed by atoms with Crippen molar-refractivity contribution < 1.29 is 5.11 Å². The number of rotatable bonds is 3. The molecule has 1 aromatic carbocycles. The molecular weight excluding hydrogens is 244 g/mol. The maximum absolute atomic E-state index is 10.5. The second-order valence-corrected chi connectivity index (χ2v) is 6.29. The lowest BCUT2D eigenvalue weighted by atomic mass is 9.74. The largest absolute Gasteiger partial charge is 0.388 e. The summed E-state index contributed by atoms with van der Waals surface area (Å²) in [4.78, 5) is 0. The van der Waals surface area contributed by atoms with Gasteiger partial charge in [0, 0.05) is 5.02 Å².